The number of nitrogens with zero attached hydrogens (tertiary/aromatic N) is 3. The fraction of sp³-hybridized carbons (Fsp3) is 0.647. The lowest BCUT2D eigenvalue weighted by Gasteiger charge is -2.21. The molecule has 0 spiro atoms. The molecule has 0 fully saturated rings. The topological polar surface area (TPSA) is 79.1 Å². The summed E-state index contributed by atoms with van der Waals surface area (Å²) in [5.74, 6) is 5.20. The van der Waals surface area contributed by atoms with Gasteiger partial charge < -0.3 is 19.5 Å². The van der Waals surface area contributed by atoms with Gasteiger partial charge >= 0.3 is 5.97 Å². The molecule has 0 aliphatic heterocycles. The molecule has 0 radical (unpaired) electrons. The van der Waals surface area contributed by atoms with Crippen molar-refractivity contribution in [3.8, 4) is 0 Å². The van der Waals surface area contributed by atoms with Crippen molar-refractivity contribution in [3.63, 3.8) is 0 Å². The average molecular weight is 340 g/mol. The highest BCUT2D eigenvalue weighted by Gasteiger charge is 2.10. The maximum absolute atomic E-state index is 11.6. The van der Waals surface area contributed by atoms with Crippen LogP contribution in [0.2, 0.25) is 0 Å². The highest BCUT2D eigenvalue weighted by Crippen LogP contribution is 2.09. The highest BCUT2D eigenvalue weighted by atomic mass is 16.5. The Balaban J connectivity index is 4.13. The molecule has 0 bridgehead atoms. The molecule has 0 aromatic rings. The lowest BCUT2D eigenvalue weighted by atomic mass is 10.1. The zero-order chi connectivity index (χ0) is 18.7. The Bertz CT molecular complexity index is 447. The fourth-order valence-corrected chi connectivity index (χ4v) is 1.60. The molecule has 0 heterocycles. The number of likely N-dealkylation sites (N-methyl/N-ethyl adjacent to an activating group) is 2. The van der Waals surface area contributed by atoms with E-state index in [0.717, 1.165) is 0 Å². The first-order valence-electron chi connectivity index (χ1n) is 8.05. The number of hydrazine groups is 1. The molecule has 1 amide bonds. The van der Waals surface area contributed by atoms with Crippen LogP contribution in [0.1, 0.15) is 26.7 Å². The van der Waals surface area contributed by atoms with Gasteiger partial charge in [0.1, 0.15) is 0 Å². The van der Waals surface area contributed by atoms with Crippen molar-refractivity contribution in [2.24, 2.45) is 11.8 Å². The Labute approximate surface area is 145 Å². The molecule has 2 unspecified atom stereocenters. The van der Waals surface area contributed by atoms with Crippen molar-refractivity contribution in [1.82, 2.24) is 14.8 Å². The Kier molecular flexibility index (Phi) is 10.5. The first kappa shape index (κ1) is 22.0. The molecule has 0 rings (SSSR count). The van der Waals surface area contributed by atoms with E-state index in [4.69, 9.17) is 10.6 Å². The fourth-order valence-electron chi connectivity index (χ4n) is 1.60. The second-order valence-electron chi connectivity index (χ2n) is 6.22. The monoisotopic (exact) mass is 340 g/mol. The van der Waals surface area contributed by atoms with E-state index in [1.165, 1.54) is 9.91 Å². The van der Waals surface area contributed by atoms with Gasteiger partial charge in [-0.25, -0.2) is 5.84 Å². The third kappa shape index (κ3) is 10.7. The smallest absolute Gasteiger partial charge is 0.306 e. The zero-order valence-electron chi connectivity index (χ0n) is 15.7. The summed E-state index contributed by atoms with van der Waals surface area (Å²) in [4.78, 5) is 26.4. The lowest BCUT2D eigenvalue weighted by molar-refractivity contribution is -0.151. The van der Waals surface area contributed by atoms with Crippen LogP contribution in [0, 0.1) is 5.92 Å². The molecule has 0 aromatic carbocycles. The predicted octanol–water partition coefficient (Wildman–Crippen LogP) is 1.19. The third-order valence-electron chi connectivity index (χ3n) is 3.55. The molecule has 24 heavy (non-hydrogen) atoms. The highest BCUT2D eigenvalue weighted by molar-refractivity contribution is 5.80. The number of rotatable bonds is 10. The summed E-state index contributed by atoms with van der Waals surface area (Å²) in [7, 11) is 7.00. The van der Waals surface area contributed by atoms with Gasteiger partial charge in [-0.15, -0.1) is 0 Å². The number of esters is 1. The van der Waals surface area contributed by atoms with Gasteiger partial charge in [-0.05, 0) is 31.5 Å². The van der Waals surface area contributed by atoms with Crippen LogP contribution < -0.4 is 5.84 Å². The number of hydrogen-bond donors (Lipinski definition) is 1. The Morgan fingerprint density at radius 2 is 1.71 bits per heavy atom. The van der Waals surface area contributed by atoms with Gasteiger partial charge in [0, 0.05) is 46.9 Å². The molecule has 0 aliphatic carbocycles. The van der Waals surface area contributed by atoms with Gasteiger partial charge in [-0.3, -0.25) is 9.59 Å². The quantitative estimate of drug-likeness (QED) is 0.366. The molecule has 7 heteroatoms. The maximum atomic E-state index is 11.6. The number of allylic oxidation sites excluding steroid dienone is 1. The summed E-state index contributed by atoms with van der Waals surface area (Å²) >= 11 is 0. The van der Waals surface area contributed by atoms with Crippen LogP contribution in [0.3, 0.4) is 0 Å². The van der Waals surface area contributed by atoms with Crippen LogP contribution in [0.25, 0.3) is 0 Å². The van der Waals surface area contributed by atoms with Crippen molar-refractivity contribution < 1.29 is 14.3 Å². The van der Waals surface area contributed by atoms with Gasteiger partial charge in [0.15, 0.2) is 6.61 Å². The zero-order valence-corrected chi connectivity index (χ0v) is 15.7. The predicted molar refractivity (Wildman–Crippen MR) is 95.5 cm³/mol. The maximum Gasteiger partial charge on any atom is 0.306 e. The van der Waals surface area contributed by atoms with Crippen LogP contribution in [0.5, 0.6) is 0 Å². The van der Waals surface area contributed by atoms with E-state index in [9.17, 15) is 9.59 Å². The average Bonchev–Trinajstić information content (AvgIpc) is 2.52. The molecule has 0 aliphatic rings. The molecule has 2 atom stereocenters. The first-order valence-corrected chi connectivity index (χ1v) is 8.05. The molecule has 0 aromatic heterocycles. The van der Waals surface area contributed by atoms with Crippen molar-refractivity contribution in [1.29, 1.82) is 0 Å². The molecular formula is C17H32N4O3. The van der Waals surface area contributed by atoms with Crippen molar-refractivity contribution >= 4 is 11.9 Å². The van der Waals surface area contributed by atoms with Crippen LogP contribution in [0.4, 0.5) is 0 Å². The van der Waals surface area contributed by atoms with E-state index in [-0.39, 0.29) is 30.4 Å². The SMILES string of the molecule is CC(/C=C/N(C)C(C)/C=C/N(C)N)CCC(=O)OCC(=O)N(C)C. The van der Waals surface area contributed by atoms with Crippen LogP contribution in [0.15, 0.2) is 24.6 Å². The van der Waals surface area contributed by atoms with E-state index in [1.54, 1.807) is 21.1 Å². The Hall–Kier alpha value is -2.02. The largest absolute Gasteiger partial charge is 0.456 e. The molecule has 2 N–H and O–H groups in total. The van der Waals surface area contributed by atoms with Crippen molar-refractivity contribution in [2.75, 3.05) is 34.8 Å². The number of nitrogens with two attached hydrogens (primary N) is 1. The summed E-state index contributed by atoms with van der Waals surface area (Å²) in [6, 6.07) is 0.210. The molecule has 0 saturated carbocycles. The summed E-state index contributed by atoms with van der Waals surface area (Å²) < 4.78 is 4.94. The van der Waals surface area contributed by atoms with Gasteiger partial charge in [-0.1, -0.05) is 13.0 Å². The van der Waals surface area contributed by atoms with Crippen LogP contribution in [-0.4, -0.2) is 67.5 Å². The minimum atomic E-state index is -0.346. The first-order chi connectivity index (χ1) is 11.1. The van der Waals surface area contributed by atoms with Crippen LogP contribution in [-0.2, 0) is 14.3 Å². The van der Waals surface area contributed by atoms with E-state index in [2.05, 4.69) is 17.9 Å². The number of hydrogen-bond acceptors (Lipinski definition) is 6. The number of carbonyl (C=O) groups excluding carboxylic acids is 2. The van der Waals surface area contributed by atoms with Crippen molar-refractivity contribution in [2.45, 2.75) is 32.7 Å². The Morgan fingerprint density at radius 3 is 2.25 bits per heavy atom. The standard InChI is InChI=1S/C17H32N4O3/c1-14(7-8-17(23)24-13-16(22)19(3)4)9-11-20(5)15(2)10-12-21(6)18/h9-12,14-15H,7-8,13,18H2,1-6H3/b11-9+,12-10+. The second kappa shape index (κ2) is 11.5. The molecule has 0 saturated heterocycles. The van der Waals surface area contributed by atoms with Gasteiger partial charge in [0.2, 0.25) is 0 Å². The Morgan fingerprint density at radius 1 is 1.08 bits per heavy atom. The van der Waals surface area contributed by atoms with Crippen LogP contribution >= 0.6 is 0 Å². The van der Waals surface area contributed by atoms with Gasteiger partial charge in [-0.2, -0.15) is 0 Å². The number of ether oxygens (including phenoxy) is 1. The molecule has 138 valence electrons. The van der Waals surface area contributed by atoms with Gasteiger partial charge in [0.05, 0.1) is 0 Å². The molecule has 7 nitrogen and oxygen atoms in total. The number of amides is 1. The van der Waals surface area contributed by atoms with E-state index >= 15 is 0 Å². The summed E-state index contributed by atoms with van der Waals surface area (Å²) in [5.41, 5.74) is 0. The third-order valence-corrected chi connectivity index (χ3v) is 3.55. The van der Waals surface area contributed by atoms with E-state index in [0.29, 0.717) is 12.8 Å². The summed E-state index contributed by atoms with van der Waals surface area (Å²) in [6.45, 7) is 3.91. The van der Waals surface area contributed by atoms with E-state index in [1.807, 2.05) is 32.4 Å². The summed E-state index contributed by atoms with van der Waals surface area (Å²) in [5, 5.41) is 1.50. The second-order valence-corrected chi connectivity index (χ2v) is 6.22. The van der Waals surface area contributed by atoms with E-state index < -0.39 is 0 Å². The lowest BCUT2D eigenvalue weighted by Crippen LogP contribution is -2.27. The minimum Gasteiger partial charge on any atom is -0.456 e. The molecular weight excluding hydrogens is 308 g/mol. The number of carbonyl (C=O) groups is 2. The normalized spacial score (nSPS) is 13.8. The minimum absolute atomic E-state index is 0.196. The van der Waals surface area contributed by atoms with Gasteiger partial charge in [0.25, 0.3) is 5.91 Å². The summed E-state index contributed by atoms with van der Waals surface area (Å²) in [6.07, 6.45) is 8.82. The van der Waals surface area contributed by atoms with Crippen molar-refractivity contribution in [3.05, 3.63) is 24.6 Å².